The average molecular weight is 593 g/mol. The standard InChI is InChI=1S/C28H19N3.Pt/c1-2-13-27-23(10-1)24-15-14-21(26-12-4-6-17-30-26)19-28(24)31(27)22-9-7-8-20(18-22)25-11-3-5-16-29-25;/h1-19H;/q;+2. The van der Waals surface area contributed by atoms with Crippen molar-refractivity contribution in [3.63, 3.8) is 0 Å². The Kier molecular flexibility index (Phi) is 5.43. The molecule has 4 heteroatoms. The molecule has 0 saturated heterocycles. The van der Waals surface area contributed by atoms with Crippen LogP contribution in [-0.4, -0.2) is 14.5 Å². The van der Waals surface area contributed by atoms with Crippen LogP contribution in [0.5, 0.6) is 0 Å². The third kappa shape index (κ3) is 3.45. The first-order chi connectivity index (χ1) is 15.4. The van der Waals surface area contributed by atoms with Gasteiger partial charge in [0.2, 0.25) is 0 Å². The summed E-state index contributed by atoms with van der Waals surface area (Å²) in [5.41, 5.74) is 7.63. The molecule has 6 aromatic rings. The zero-order chi connectivity index (χ0) is 20.6. The average Bonchev–Trinajstić information content (AvgIpc) is 3.19. The molecular weight excluding hydrogens is 573 g/mol. The number of nitrogens with zero attached hydrogens (tertiary/aromatic N) is 3. The van der Waals surface area contributed by atoms with Crippen molar-refractivity contribution >= 4 is 21.8 Å². The quantitative estimate of drug-likeness (QED) is 0.224. The minimum atomic E-state index is 0. The molecule has 154 valence electrons. The fourth-order valence-corrected chi connectivity index (χ4v) is 4.28. The topological polar surface area (TPSA) is 30.7 Å². The molecule has 0 aliphatic carbocycles. The molecule has 0 unspecified atom stereocenters. The van der Waals surface area contributed by atoms with E-state index >= 15 is 0 Å². The Hall–Kier alpha value is -3.55. The van der Waals surface area contributed by atoms with E-state index in [1.807, 2.05) is 42.7 Å². The maximum atomic E-state index is 4.55. The molecule has 0 radical (unpaired) electrons. The van der Waals surface area contributed by atoms with Crippen LogP contribution >= 0.6 is 0 Å². The van der Waals surface area contributed by atoms with Crippen LogP contribution in [0.1, 0.15) is 0 Å². The van der Waals surface area contributed by atoms with Crippen LogP contribution < -0.4 is 0 Å². The van der Waals surface area contributed by atoms with Crippen LogP contribution in [0.25, 0.3) is 50.0 Å². The van der Waals surface area contributed by atoms with Crippen molar-refractivity contribution in [2.24, 2.45) is 0 Å². The number of aromatic nitrogens is 3. The molecule has 0 fully saturated rings. The van der Waals surface area contributed by atoms with Gasteiger partial charge in [0.25, 0.3) is 0 Å². The van der Waals surface area contributed by atoms with Gasteiger partial charge >= 0.3 is 21.1 Å². The van der Waals surface area contributed by atoms with Crippen molar-refractivity contribution in [1.82, 2.24) is 14.5 Å². The molecule has 0 saturated carbocycles. The molecule has 0 spiro atoms. The van der Waals surface area contributed by atoms with E-state index in [4.69, 9.17) is 0 Å². The molecule has 3 nitrogen and oxygen atoms in total. The maximum absolute atomic E-state index is 4.55. The van der Waals surface area contributed by atoms with Crippen LogP contribution in [0.2, 0.25) is 0 Å². The van der Waals surface area contributed by atoms with Gasteiger partial charge in [-0.3, -0.25) is 9.97 Å². The van der Waals surface area contributed by atoms with Gasteiger partial charge in [0.1, 0.15) is 0 Å². The van der Waals surface area contributed by atoms with Crippen molar-refractivity contribution in [1.29, 1.82) is 0 Å². The molecular formula is C28H19N3Pt+2. The number of rotatable bonds is 3. The Morgan fingerprint density at radius 3 is 1.88 bits per heavy atom. The molecule has 3 aromatic heterocycles. The van der Waals surface area contributed by atoms with Gasteiger partial charge < -0.3 is 4.57 Å². The Bertz CT molecular complexity index is 1520. The van der Waals surface area contributed by atoms with Gasteiger partial charge in [0.05, 0.1) is 22.4 Å². The van der Waals surface area contributed by atoms with Gasteiger partial charge in [-0.25, -0.2) is 0 Å². The van der Waals surface area contributed by atoms with E-state index in [0.717, 1.165) is 28.2 Å². The number of hydrogen-bond acceptors (Lipinski definition) is 2. The van der Waals surface area contributed by atoms with Gasteiger partial charge in [-0.1, -0.05) is 54.6 Å². The molecule has 3 heterocycles. The van der Waals surface area contributed by atoms with E-state index < -0.39 is 0 Å². The molecule has 32 heavy (non-hydrogen) atoms. The minimum Gasteiger partial charge on any atom is -0.309 e. The summed E-state index contributed by atoms with van der Waals surface area (Å²) in [7, 11) is 0. The summed E-state index contributed by atoms with van der Waals surface area (Å²) in [6, 6.07) is 35.8. The van der Waals surface area contributed by atoms with Crippen molar-refractivity contribution in [2.45, 2.75) is 0 Å². The zero-order valence-corrected chi connectivity index (χ0v) is 19.4. The second-order valence-corrected chi connectivity index (χ2v) is 7.56. The predicted octanol–water partition coefficient (Wildman–Crippen LogP) is 6.91. The summed E-state index contributed by atoms with van der Waals surface area (Å²) >= 11 is 0. The summed E-state index contributed by atoms with van der Waals surface area (Å²) in [5, 5.41) is 2.48. The van der Waals surface area contributed by atoms with E-state index in [1.54, 1.807) is 0 Å². The third-order valence-electron chi connectivity index (χ3n) is 5.70. The Morgan fingerprint density at radius 1 is 0.500 bits per heavy atom. The van der Waals surface area contributed by atoms with Gasteiger partial charge in [-0.05, 0) is 48.5 Å². The smallest absolute Gasteiger partial charge is 0.309 e. The monoisotopic (exact) mass is 592 g/mol. The van der Waals surface area contributed by atoms with Crippen LogP contribution in [0.4, 0.5) is 0 Å². The van der Waals surface area contributed by atoms with E-state index in [1.165, 1.54) is 21.8 Å². The third-order valence-corrected chi connectivity index (χ3v) is 5.70. The molecule has 0 amide bonds. The van der Waals surface area contributed by atoms with Crippen molar-refractivity contribution in [3.8, 4) is 28.2 Å². The first-order valence-electron chi connectivity index (χ1n) is 10.3. The number of para-hydroxylation sites is 1. The van der Waals surface area contributed by atoms with E-state index in [-0.39, 0.29) is 21.1 Å². The Morgan fingerprint density at radius 2 is 1.16 bits per heavy atom. The van der Waals surface area contributed by atoms with Crippen LogP contribution in [-0.2, 0) is 21.1 Å². The maximum Gasteiger partial charge on any atom is 2.00 e. The van der Waals surface area contributed by atoms with E-state index in [0.29, 0.717) is 0 Å². The van der Waals surface area contributed by atoms with Gasteiger partial charge in [-0.2, -0.15) is 0 Å². The van der Waals surface area contributed by atoms with Crippen molar-refractivity contribution < 1.29 is 21.1 Å². The predicted molar refractivity (Wildman–Crippen MR) is 127 cm³/mol. The summed E-state index contributed by atoms with van der Waals surface area (Å²) in [6.07, 6.45) is 3.67. The molecule has 0 bridgehead atoms. The summed E-state index contributed by atoms with van der Waals surface area (Å²) < 4.78 is 2.34. The Labute approximate surface area is 200 Å². The number of fused-ring (bicyclic) bond motifs is 3. The van der Waals surface area contributed by atoms with Crippen molar-refractivity contribution in [2.75, 3.05) is 0 Å². The second kappa shape index (κ2) is 8.53. The number of pyridine rings is 2. The number of benzene rings is 3. The SMILES string of the molecule is [Pt+2].c1ccc(-c2cccc(-n3c4ccccc4c4ccc(-c5ccccn5)cc43)c2)nc1. The van der Waals surface area contributed by atoms with E-state index in [2.05, 4.69) is 87.3 Å². The fraction of sp³-hybridized carbons (Fsp3) is 0. The molecule has 6 rings (SSSR count). The number of hydrogen-bond donors (Lipinski definition) is 0. The molecule has 0 aliphatic rings. The first-order valence-corrected chi connectivity index (χ1v) is 10.3. The summed E-state index contributed by atoms with van der Waals surface area (Å²) in [5.74, 6) is 0. The Balaban J connectivity index is 0.00000216. The largest absolute Gasteiger partial charge is 2.00 e. The molecule has 3 aromatic carbocycles. The molecule has 0 atom stereocenters. The normalized spacial score (nSPS) is 10.9. The second-order valence-electron chi connectivity index (χ2n) is 7.56. The fourth-order valence-electron chi connectivity index (χ4n) is 4.28. The van der Waals surface area contributed by atoms with Crippen LogP contribution in [0.15, 0.2) is 116 Å². The molecule has 0 aliphatic heterocycles. The summed E-state index contributed by atoms with van der Waals surface area (Å²) in [6.45, 7) is 0. The molecule has 0 N–H and O–H groups in total. The zero-order valence-electron chi connectivity index (χ0n) is 17.1. The van der Waals surface area contributed by atoms with Gasteiger partial charge in [0, 0.05) is 40.0 Å². The van der Waals surface area contributed by atoms with Crippen LogP contribution in [0, 0.1) is 0 Å². The van der Waals surface area contributed by atoms with E-state index in [9.17, 15) is 0 Å². The van der Waals surface area contributed by atoms with Gasteiger partial charge in [-0.15, -0.1) is 0 Å². The van der Waals surface area contributed by atoms with Gasteiger partial charge in [0.15, 0.2) is 0 Å². The van der Waals surface area contributed by atoms with Crippen molar-refractivity contribution in [3.05, 3.63) is 116 Å². The minimum absolute atomic E-state index is 0. The first kappa shape index (κ1) is 20.4. The summed E-state index contributed by atoms with van der Waals surface area (Å²) in [4.78, 5) is 9.08. The van der Waals surface area contributed by atoms with Crippen LogP contribution in [0.3, 0.4) is 0 Å².